The first-order valence-corrected chi connectivity index (χ1v) is 6.12. The fourth-order valence-corrected chi connectivity index (χ4v) is 1.79. The van der Waals surface area contributed by atoms with Crippen molar-refractivity contribution < 1.29 is 24.9 Å². The number of halogens is 1. The van der Waals surface area contributed by atoms with Crippen LogP contribution in [0.4, 0.5) is 4.79 Å². The van der Waals surface area contributed by atoms with Crippen LogP contribution >= 0.6 is 11.6 Å². The first-order chi connectivity index (χ1) is 8.92. The highest BCUT2D eigenvalue weighted by Crippen LogP contribution is 2.19. The Morgan fingerprint density at radius 1 is 1.37 bits per heavy atom. The molecule has 0 aromatic rings. The monoisotopic (exact) mass is 297 g/mol. The average molecular weight is 298 g/mol. The molecule has 0 bridgehead atoms. The van der Waals surface area contributed by atoms with Gasteiger partial charge in [0.1, 0.15) is 18.3 Å². The van der Waals surface area contributed by atoms with E-state index in [-0.39, 0.29) is 12.4 Å². The number of rotatable bonds is 4. The van der Waals surface area contributed by atoms with Crippen molar-refractivity contribution in [2.45, 2.75) is 37.6 Å². The Hall–Kier alpha value is -1.00. The number of carbonyl (C=O) groups is 1. The number of nitroso groups, excluding NO2 is 1. The highest BCUT2D eigenvalue weighted by Gasteiger charge is 2.42. The molecule has 9 nitrogen and oxygen atoms in total. The van der Waals surface area contributed by atoms with Gasteiger partial charge < -0.3 is 25.4 Å². The van der Waals surface area contributed by atoms with E-state index in [1.807, 2.05) is 0 Å². The number of hydrogen-bond donors (Lipinski definition) is 4. The molecule has 0 aliphatic carbocycles. The molecule has 0 aromatic carbocycles. The first kappa shape index (κ1) is 16.1. The van der Waals surface area contributed by atoms with Gasteiger partial charge in [0.25, 0.3) is 0 Å². The first-order valence-electron chi connectivity index (χ1n) is 5.59. The lowest BCUT2D eigenvalue weighted by Gasteiger charge is -2.39. The summed E-state index contributed by atoms with van der Waals surface area (Å²) in [5.41, 5.74) is 0. The molecule has 0 saturated carbocycles. The molecule has 0 radical (unpaired) electrons. The Balaban J connectivity index is 2.65. The SMILES string of the molecule is C[C@H]1O[C@@H](NC(=O)N(CCCl)N=O)[C@H](O)[C@@H](O)[C@@H]1O. The minimum atomic E-state index is -1.53. The van der Waals surface area contributed by atoms with Crippen LogP contribution in [0, 0.1) is 4.91 Å². The van der Waals surface area contributed by atoms with Crippen molar-refractivity contribution >= 4 is 17.6 Å². The molecular weight excluding hydrogens is 282 g/mol. The maximum absolute atomic E-state index is 11.6. The second-order valence-electron chi connectivity index (χ2n) is 4.08. The molecule has 1 rings (SSSR count). The Morgan fingerprint density at radius 3 is 2.53 bits per heavy atom. The average Bonchev–Trinajstić information content (AvgIpc) is 2.39. The van der Waals surface area contributed by atoms with Crippen molar-refractivity contribution in [1.82, 2.24) is 10.3 Å². The van der Waals surface area contributed by atoms with Gasteiger partial charge in [0.05, 0.1) is 17.9 Å². The summed E-state index contributed by atoms with van der Waals surface area (Å²) in [4.78, 5) is 22.0. The van der Waals surface area contributed by atoms with Gasteiger partial charge in [-0.05, 0) is 6.92 Å². The number of amides is 2. The molecule has 110 valence electrons. The van der Waals surface area contributed by atoms with Gasteiger partial charge in [-0.15, -0.1) is 16.5 Å². The zero-order valence-corrected chi connectivity index (χ0v) is 10.9. The van der Waals surface area contributed by atoms with Crippen LogP contribution in [0.25, 0.3) is 0 Å². The van der Waals surface area contributed by atoms with Gasteiger partial charge in [0.2, 0.25) is 0 Å². The zero-order valence-electron chi connectivity index (χ0n) is 10.1. The van der Waals surface area contributed by atoms with Gasteiger partial charge in [0, 0.05) is 5.88 Å². The number of alkyl halides is 1. The van der Waals surface area contributed by atoms with Crippen molar-refractivity contribution in [3.05, 3.63) is 4.91 Å². The molecule has 2 amide bonds. The molecule has 0 aromatic heterocycles. The molecule has 19 heavy (non-hydrogen) atoms. The number of nitrogens with zero attached hydrogens (tertiary/aromatic N) is 2. The number of carbonyl (C=O) groups excluding carboxylic acids is 1. The van der Waals surface area contributed by atoms with Crippen LogP contribution in [0.5, 0.6) is 0 Å². The molecule has 1 aliphatic heterocycles. The van der Waals surface area contributed by atoms with Gasteiger partial charge in [-0.1, -0.05) is 0 Å². The van der Waals surface area contributed by atoms with E-state index in [2.05, 4.69) is 10.6 Å². The number of aliphatic hydroxyl groups is 3. The summed E-state index contributed by atoms with van der Waals surface area (Å²) in [7, 11) is 0. The third kappa shape index (κ3) is 3.74. The van der Waals surface area contributed by atoms with Gasteiger partial charge in [-0.2, -0.15) is 5.01 Å². The van der Waals surface area contributed by atoms with Crippen LogP contribution in [0.3, 0.4) is 0 Å². The number of nitrogens with one attached hydrogen (secondary N) is 1. The molecule has 1 fully saturated rings. The molecule has 5 atom stereocenters. The van der Waals surface area contributed by atoms with E-state index in [1.165, 1.54) is 6.92 Å². The minimum Gasteiger partial charge on any atom is -0.388 e. The Labute approximate surface area is 114 Å². The fraction of sp³-hybridized carbons (Fsp3) is 0.889. The summed E-state index contributed by atoms with van der Waals surface area (Å²) in [5.74, 6) is 0.00494. The minimum absolute atomic E-state index is 0.00494. The molecular formula is C9H16ClN3O6. The van der Waals surface area contributed by atoms with Crippen molar-refractivity contribution in [2.24, 2.45) is 5.29 Å². The second-order valence-corrected chi connectivity index (χ2v) is 4.45. The second kappa shape index (κ2) is 6.96. The molecule has 1 aliphatic rings. The van der Waals surface area contributed by atoms with Crippen molar-refractivity contribution in [1.29, 1.82) is 0 Å². The van der Waals surface area contributed by atoms with Crippen LogP contribution in [-0.2, 0) is 4.74 Å². The molecule has 1 heterocycles. The van der Waals surface area contributed by atoms with E-state index in [4.69, 9.17) is 16.3 Å². The Morgan fingerprint density at radius 2 is 2.00 bits per heavy atom. The van der Waals surface area contributed by atoms with Crippen molar-refractivity contribution in [2.75, 3.05) is 12.4 Å². The molecule has 10 heteroatoms. The van der Waals surface area contributed by atoms with Crippen LogP contribution in [0.2, 0.25) is 0 Å². The highest BCUT2D eigenvalue weighted by molar-refractivity contribution is 6.18. The molecule has 0 spiro atoms. The summed E-state index contributed by atoms with van der Waals surface area (Å²) < 4.78 is 5.13. The van der Waals surface area contributed by atoms with Gasteiger partial charge in [-0.3, -0.25) is 0 Å². The lowest BCUT2D eigenvalue weighted by atomic mass is 9.99. The van der Waals surface area contributed by atoms with Crippen LogP contribution in [-0.4, -0.2) is 69.4 Å². The quantitative estimate of drug-likeness (QED) is 0.291. The smallest absolute Gasteiger partial charge is 0.342 e. The molecule has 0 unspecified atom stereocenters. The highest BCUT2D eigenvalue weighted by atomic mass is 35.5. The number of ether oxygens (including phenoxy) is 1. The van der Waals surface area contributed by atoms with E-state index >= 15 is 0 Å². The third-order valence-electron chi connectivity index (χ3n) is 2.75. The largest absolute Gasteiger partial charge is 0.388 e. The predicted octanol–water partition coefficient (Wildman–Crippen LogP) is -1.25. The van der Waals surface area contributed by atoms with E-state index in [1.54, 1.807) is 0 Å². The molecule has 1 saturated heterocycles. The van der Waals surface area contributed by atoms with Gasteiger partial charge in [-0.25, -0.2) is 4.79 Å². The van der Waals surface area contributed by atoms with Gasteiger partial charge >= 0.3 is 6.03 Å². The number of aliphatic hydroxyl groups excluding tert-OH is 3. The van der Waals surface area contributed by atoms with Crippen LogP contribution < -0.4 is 5.32 Å². The summed E-state index contributed by atoms with van der Waals surface area (Å²) in [6.07, 6.45) is -6.33. The lowest BCUT2D eigenvalue weighted by Crippen LogP contribution is -2.62. The Bertz CT molecular complexity index is 333. The van der Waals surface area contributed by atoms with Crippen LogP contribution in [0.1, 0.15) is 6.92 Å². The molecule has 4 N–H and O–H groups in total. The van der Waals surface area contributed by atoms with Gasteiger partial charge in [0.15, 0.2) is 6.23 Å². The fourth-order valence-electron chi connectivity index (χ4n) is 1.63. The summed E-state index contributed by atoms with van der Waals surface area (Å²) in [6, 6.07) is -0.921. The maximum Gasteiger partial charge on any atom is 0.342 e. The normalized spacial score (nSPS) is 34.7. The Kier molecular flexibility index (Phi) is 5.88. The number of hydrogen-bond acceptors (Lipinski definition) is 7. The topological polar surface area (TPSA) is 132 Å². The summed E-state index contributed by atoms with van der Waals surface area (Å²) in [6.45, 7) is 1.36. The van der Waals surface area contributed by atoms with E-state index in [0.29, 0.717) is 5.01 Å². The van der Waals surface area contributed by atoms with Crippen LogP contribution in [0.15, 0.2) is 5.29 Å². The van der Waals surface area contributed by atoms with E-state index in [9.17, 15) is 25.0 Å². The summed E-state index contributed by atoms with van der Waals surface area (Å²) in [5, 5.41) is 33.8. The maximum atomic E-state index is 11.6. The zero-order chi connectivity index (χ0) is 14.6. The predicted molar refractivity (Wildman–Crippen MR) is 64.1 cm³/mol. The lowest BCUT2D eigenvalue weighted by molar-refractivity contribution is -0.221. The number of urea groups is 1. The van der Waals surface area contributed by atoms with Crippen molar-refractivity contribution in [3.8, 4) is 0 Å². The van der Waals surface area contributed by atoms with E-state index in [0.717, 1.165) is 0 Å². The third-order valence-corrected chi connectivity index (χ3v) is 2.92. The standard InChI is InChI=1S/C9H16ClN3O6/c1-4-5(14)6(15)7(16)8(19-4)11-9(17)13(12-18)3-2-10/h4-8,14-16H,2-3H2,1H3,(H,11,17)/t4-,5-,6+,7-,8-/m1/s1. The van der Waals surface area contributed by atoms with E-state index < -0.39 is 36.7 Å². The van der Waals surface area contributed by atoms with Crippen molar-refractivity contribution in [3.63, 3.8) is 0 Å². The summed E-state index contributed by atoms with van der Waals surface area (Å²) >= 11 is 5.38.